The summed E-state index contributed by atoms with van der Waals surface area (Å²) in [4.78, 5) is 0. The molecule has 0 aromatic heterocycles. The van der Waals surface area contributed by atoms with E-state index < -0.39 is 0 Å². The van der Waals surface area contributed by atoms with Crippen LogP contribution in [0.15, 0.2) is 42.5 Å². The average molecular weight is 423 g/mol. The monoisotopic (exact) mass is 422 g/mol. The average Bonchev–Trinajstić information content (AvgIpc) is 2.79. The SMILES string of the molecule is CCCCCCC(C)Cc1ccc(-c2ccc(C3CCC(CCC)CC3)cc2)cc1F. The Morgan fingerprint density at radius 1 is 0.839 bits per heavy atom. The maximum absolute atomic E-state index is 14.8. The summed E-state index contributed by atoms with van der Waals surface area (Å²) in [6, 6.07) is 14.8. The lowest BCUT2D eigenvalue weighted by molar-refractivity contribution is 0.308. The van der Waals surface area contributed by atoms with E-state index in [4.69, 9.17) is 0 Å². The lowest BCUT2D eigenvalue weighted by atomic mass is 9.77. The topological polar surface area (TPSA) is 0 Å². The van der Waals surface area contributed by atoms with E-state index in [1.54, 1.807) is 6.07 Å². The molecule has 0 radical (unpaired) electrons. The second kappa shape index (κ2) is 12.4. The number of hydrogen-bond acceptors (Lipinski definition) is 0. The highest BCUT2D eigenvalue weighted by atomic mass is 19.1. The van der Waals surface area contributed by atoms with Crippen molar-refractivity contribution in [3.05, 3.63) is 59.4 Å². The molecule has 31 heavy (non-hydrogen) atoms. The molecule has 1 unspecified atom stereocenters. The third-order valence-electron chi connectivity index (χ3n) is 7.43. The maximum Gasteiger partial charge on any atom is 0.127 e. The first kappa shape index (κ1) is 24.0. The summed E-state index contributed by atoms with van der Waals surface area (Å²) in [6.45, 7) is 6.80. The van der Waals surface area contributed by atoms with Gasteiger partial charge in [0, 0.05) is 0 Å². The van der Waals surface area contributed by atoms with Gasteiger partial charge < -0.3 is 0 Å². The van der Waals surface area contributed by atoms with E-state index in [1.807, 2.05) is 6.07 Å². The van der Waals surface area contributed by atoms with E-state index in [-0.39, 0.29) is 5.82 Å². The quantitative estimate of drug-likeness (QED) is 0.316. The van der Waals surface area contributed by atoms with Gasteiger partial charge in [-0.15, -0.1) is 0 Å². The molecule has 2 aromatic carbocycles. The summed E-state index contributed by atoms with van der Waals surface area (Å²) in [5, 5.41) is 0. The van der Waals surface area contributed by atoms with Gasteiger partial charge in [0.15, 0.2) is 0 Å². The molecule has 0 aliphatic heterocycles. The number of benzene rings is 2. The molecule has 0 saturated heterocycles. The Hall–Kier alpha value is -1.63. The second-order valence-corrected chi connectivity index (χ2v) is 10.1. The zero-order valence-electron chi connectivity index (χ0n) is 20.1. The fourth-order valence-electron chi connectivity index (χ4n) is 5.43. The van der Waals surface area contributed by atoms with Gasteiger partial charge in [0.25, 0.3) is 0 Å². The van der Waals surface area contributed by atoms with E-state index in [0.29, 0.717) is 11.8 Å². The number of halogens is 1. The van der Waals surface area contributed by atoms with Crippen molar-refractivity contribution in [3.8, 4) is 11.1 Å². The van der Waals surface area contributed by atoms with Gasteiger partial charge in [0.1, 0.15) is 5.82 Å². The zero-order chi connectivity index (χ0) is 22.1. The van der Waals surface area contributed by atoms with Crippen molar-refractivity contribution < 1.29 is 4.39 Å². The minimum absolute atomic E-state index is 0.0452. The summed E-state index contributed by atoms with van der Waals surface area (Å²) in [7, 11) is 0. The molecule has 1 aliphatic rings. The molecule has 1 fully saturated rings. The summed E-state index contributed by atoms with van der Waals surface area (Å²) in [5.41, 5.74) is 4.46. The Kier molecular flexibility index (Phi) is 9.62. The Morgan fingerprint density at radius 3 is 2.19 bits per heavy atom. The normalized spacial score (nSPS) is 20.0. The molecule has 0 bridgehead atoms. The van der Waals surface area contributed by atoms with Crippen LogP contribution in [0.4, 0.5) is 4.39 Å². The van der Waals surface area contributed by atoms with Crippen LogP contribution in [0.3, 0.4) is 0 Å². The zero-order valence-corrected chi connectivity index (χ0v) is 20.1. The lowest BCUT2D eigenvalue weighted by Gasteiger charge is -2.28. The van der Waals surface area contributed by atoms with Crippen molar-refractivity contribution in [1.82, 2.24) is 0 Å². The van der Waals surface area contributed by atoms with Crippen molar-refractivity contribution in [1.29, 1.82) is 0 Å². The summed E-state index contributed by atoms with van der Waals surface area (Å²) in [5.74, 6) is 2.15. The number of unbranched alkanes of at least 4 members (excludes halogenated alkanes) is 3. The van der Waals surface area contributed by atoms with E-state index in [2.05, 4.69) is 51.1 Å². The number of hydrogen-bond donors (Lipinski definition) is 0. The highest BCUT2D eigenvalue weighted by molar-refractivity contribution is 5.64. The molecule has 0 amide bonds. The molecule has 1 atom stereocenters. The molecule has 1 saturated carbocycles. The van der Waals surface area contributed by atoms with Gasteiger partial charge in [-0.1, -0.05) is 102 Å². The minimum Gasteiger partial charge on any atom is -0.207 e. The van der Waals surface area contributed by atoms with Crippen molar-refractivity contribution in [2.75, 3.05) is 0 Å². The van der Waals surface area contributed by atoms with E-state index in [9.17, 15) is 4.39 Å². The van der Waals surface area contributed by atoms with Crippen molar-refractivity contribution in [2.24, 2.45) is 11.8 Å². The first-order valence-electron chi connectivity index (χ1n) is 13.0. The van der Waals surface area contributed by atoms with Crippen LogP contribution < -0.4 is 0 Å². The second-order valence-electron chi connectivity index (χ2n) is 10.1. The van der Waals surface area contributed by atoms with E-state index in [1.165, 1.54) is 76.2 Å². The molecule has 170 valence electrons. The summed E-state index contributed by atoms with van der Waals surface area (Å²) < 4.78 is 14.8. The van der Waals surface area contributed by atoms with Gasteiger partial charge in [0.2, 0.25) is 0 Å². The number of rotatable bonds is 11. The fourth-order valence-corrected chi connectivity index (χ4v) is 5.43. The van der Waals surface area contributed by atoms with Crippen molar-refractivity contribution in [2.45, 2.75) is 104 Å². The maximum atomic E-state index is 14.8. The van der Waals surface area contributed by atoms with Gasteiger partial charge in [-0.3, -0.25) is 0 Å². The van der Waals surface area contributed by atoms with Crippen LogP contribution in [-0.2, 0) is 6.42 Å². The van der Waals surface area contributed by atoms with Gasteiger partial charge in [-0.2, -0.15) is 0 Å². The third-order valence-corrected chi connectivity index (χ3v) is 7.43. The van der Waals surface area contributed by atoms with Gasteiger partial charge >= 0.3 is 0 Å². The van der Waals surface area contributed by atoms with Gasteiger partial charge in [-0.05, 0) is 78.2 Å². The van der Waals surface area contributed by atoms with Gasteiger partial charge in [0.05, 0.1) is 0 Å². The molecule has 0 spiro atoms. The molecule has 1 aliphatic carbocycles. The Morgan fingerprint density at radius 2 is 1.55 bits per heavy atom. The first-order valence-corrected chi connectivity index (χ1v) is 13.0. The Labute approximate surface area is 190 Å². The molecule has 1 heteroatoms. The van der Waals surface area contributed by atoms with Gasteiger partial charge in [-0.25, -0.2) is 4.39 Å². The van der Waals surface area contributed by atoms with Crippen LogP contribution in [0, 0.1) is 17.7 Å². The van der Waals surface area contributed by atoms with Crippen LogP contribution in [0.5, 0.6) is 0 Å². The molecule has 3 rings (SSSR count). The Balaban J connectivity index is 1.56. The van der Waals surface area contributed by atoms with Crippen LogP contribution in [-0.4, -0.2) is 0 Å². The summed E-state index contributed by atoms with van der Waals surface area (Å²) >= 11 is 0. The highest BCUT2D eigenvalue weighted by Crippen LogP contribution is 2.38. The van der Waals surface area contributed by atoms with Crippen LogP contribution >= 0.6 is 0 Å². The predicted octanol–water partition coefficient (Wildman–Crippen LogP) is 9.72. The van der Waals surface area contributed by atoms with Crippen LogP contribution in [0.25, 0.3) is 11.1 Å². The summed E-state index contributed by atoms with van der Waals surface area (Å²) in [6.07, 6.45) is 15.3. The largest absolute Gasteiger partial charge is 0.207 e. The fraction of sp³-hybridized carbons (Fsp3) is 0.600. The van der Waals surface area contributed by atoms with E-state index >= 15 is 0 Å². The van der Waals surface area contributed by atoms with Crippen LogP contribution in [0.2, 0.25) is 0 Å². The predicted molar refractivity (Wildman–Crippen MR) is 133 cm³/mol. The first-order chi connectivity index (χ1) is 15.1. The molecular formula is C30H43F. The van der Waals surface area contributed by atoms with Crippen molar-refractivity contribution >= 4 is 0 Å². The van der Waals surface area contributed by atoms with Crippen LogP contribution in [0.1, 0.15) is 108 Å². The minimum atomic E-state index is -0.0452. The molecule has 0 nitrogen and oxygen atoms in total. The smallest absolute Gasteiger partial charge is 0.127 e. The molecule has 2 aromatic rings. The highest BCUT2D eigenvalue weighted by Gasteiger charge is 2.21. The standard InChI is InChI=1S/C30H43F/c1-4-6-7-8-10-23(3)21-29-20-19-28(22-30(29)31)27-17-15-26(16-18-27)25-13-11-24(9-5-2)12-14-25/h15-20,22-25H,4-14,21H2,1-3H3. The third kappa shape index (κ3) is 7.19. The molecule has 0 N–H and O–H groups in total. The Bertz CT molecular complexity index is 767. The lowest BCUT2D eigenvalue weighted by Crippen LogP contribution is -2.13. The van der Waals surface area contributed by atoms with Crippen molar-refractivity contribution in [3.63, 3.8) is 0 Å². The molecule has 0 heterocycles. The molecular weight excluding hydrogens is 379 g/mol. The van der Waals surface area contributed by atoms with E-state index in [0.717, 1.165) is 29.0 Å².